The summed E-state index contributed by atoms with van der Waals surface area (Å²) in [5, 5.41) is 11.5. The average molecular weight is 427 g/mol. The van der Waals surface area contributed by atoms with Crippen molar-refractivity contribution in [2.75, 3.05) is 13.1 Å². The van der Waals surface area contributed by atoms with E-state index in [2.05, 4.69) is 20.8 Å². The fourth-order valence-electron chi connectivity index (χ4n) is 3.10. The summed E-state index contributed by atoms with van der Waals surface area (Å²) in [4.78, 5) is 29.5. The van der Waals surface area contributed by atoms with Gasteiger partial charge in [0.05, 0.1) is 11.4 Å². The maximum atomic E-state index is 12.2. The van der Waals surface area contributed by atoms with Gasteiger partial charge < -0.3 is 15.2 Å². The van der Waals surface area contributed by atoms with Crippen LogP contribution in [0.5, 0.6) is 0 Å². The summed E-state index contributed by atoms with van der Waals surface area (Å²) in [6.07, 6.45) is 3.41. The van der Waals surface area contributed by atoms with Crippen molar-refractivity contribution in [2.24, 2.45) is 0 Å². The summed E-state index contributed by atoms with van der Waals surface area (Å²) < 4.78 is 5.27. The third kappa shape index (κ3) is 6.52. The first-order valence-electron chi connectivity index (χ1n) is 10.0. The summed E-state index contributed by atoms with van der Waals surface area (Å²) >= 11 is 1.58. The molecule has 0 aliphatic rings. The molecule has 0 unspecified atom stereocenters. The van der Waals surface area contributed by atoms with Crippen LogP contribution in [0.2, 0.25) is 0 Å². The Bertz CT molecular complexity index is 962. The molecule has 2 aromatic heterocycles. The van der Waals surface area contributed by atoms with E-state index >= 15 is 0 Å². The Labute approximate surface area is 179 Å². The first-order valence-corrected chi connectivity index (χ1v) is 10.9. The minimum atomic E-state index is -0.238. The molecule has 0 bridgehead atoms. The third-order valence-electron chi connectivity index (χ3n) is 4.49. The number of unbranched alkanes of at least 4 members (excludes halogenated alkanes) is 2. The van der Waals surface area contributed by atoms with Gasteiger partial charge in [-0.2, -0.15) is 4.98 Å². The van der Waals surface area contributed by atoms with E-state index in [9.17, 15) is 9.59 Å². The smallest absolute Gasteiger partial charge is 0.251 e. The number of benzene rings is 1. The van der Waals surface area contributed by atoms with Crippen LogP contribution in [0, 0.1) is 13.8 Å². The molecule has 1 aromatic carbocycles. The molecule has 3 aromatic rings. The summed E-state index contributed by atoms with van der Waals surface area (Å²) in [6.45, 7) is 4.43. The van der Waals surface area contributed by atoms with Gasteiger partial charge in [-0.15, -0.1) is 11.3 Å². The zero-order valence-electron chi connectivity index (χ0n) is 17.2. The lowest BCUT2D eigenvalue weighted by molar-refractivity contribution is -0.120. The van der Waals surface area contributed by atoms with E-state index in [-0.39, 0.29) is 18.4 Å². The second-order valence-electron chi connectivity index (χ2n) is 7.21. The number of carbonyl (C=O) groups excluding carboxylic acids is 2. The van der Waals surface area contributed by atoms with Crippen molar-refractivity contribution in [1.29, 1.82) is 0 Å². The number of hydrogen-bond donors (Lipinski definition) is 2. The lowest BCUT2D eigenvalue weighted by atomic mass is 10.1. The topological polar surface area (TPSA) is 97.1 Å². The summed E-state index contributed by atoms with van der Waals surface area (Å²) in [5.74, 6) is 0.843. The molecule has 0 atom stereocenters. The van der Waals surface area contributed by atoms with Crippen molar-refractivity contribution >= 4 is 23.2 Å². The molecule has 0 fully saturated rings. The van der Waals surface area contributed by atoms with E-state index < -0.39 is 0 Å². The molecule has 3 rings (SSSR count). The minimum Gasteiger partial charge on any atom is -0.355 e. The average Bonchev–Trinajstić information content (AvgIpc) is 3.39. The number of nitrogens with zero attached hydrogens (tertiary/aromatic N) is 2. The van der Waals surface area contributed by atoms with Crippen LogP contribution in [0.4, 0.5) is 0 Å². The molecule has 8 heteroatoms. The first-order chi connectivity index (χ1) is 14.5. The molecule has 0 saturated carbocycles. The van der Waals surface area contributed by atoms with Gasteiger partial charge in [-0.05, 0) is 50.3 Å². The van der Waals surface area contributed by atoms with E-state index in [1.165, 1.54) is 0 Å². The van der Waals surface area contributed by atoms with Crippen LogP contribution < -0.4 is 10.6 Å². The van der Waals surface area contributed by atoms with E-state index in [0.29, 0.717) is 23.8 Å². The Morgan fingerprint density at radius 3 is 2.60 bits per heavy atom. The maximum Gasteiger partial charge on any atom is 0.251 e. The number of hydrogen-bond acceptors (Lipinski definition) is 6. The van der Waals surface area contributed by atoms with Crippen molar-refractivity contribution in [3.8, 4) is 10.7 Å². The van der Waals surface area contributed by atoms with Gasteiger partial charge in [0, 0.05) is 18.5 Å². The van der Waals surface area contributed by atoms with Crippen LogP contribution in [0.15, 0.2) is 40.2 Å². The number of aromatic nitrogens is 2. The van der Waals surface area contributed by atoms with E-state index in [0.717, 1.165) is 41.7 Å². The fourth-order valence-corrected chi connectivity index (χ4v) is 3.75. The zero-order valence-corrected chi connectivity index (χ0v) is 18.1. The Morgan fingerprint density at radius 2 is 1.87 bits per heavy atom. The molecule has 30 heavy (non-hydrogen) atoms. The molecular formula is C22H26N4O3S. The summed E-state index contributed by atoms with van der Waals surface area (Å²) in [5.41, 5.74) is 2.62. The Hall–Kier alpha value is -3.00. The Kier molecular flexibility index (Phi) is 7.73. The standard InChI is InChI=1S/C22H26N4O3S/c1-15-11-16(2)13-17(12-15)22(28)24-14-19(27)23-9-5-3-4-8-20-25-21(26-29-20)18-7-6-10-30-18/h6-7,10-13H,3-5,8-9,14H2,1-2H3,(H,23,27)(H,24,28). The third-order valence-corrected chi connectivity index (χ3v) is 5.36. The van der Waals surface area contributed by atoms with Crippen LogP contribution in [-0.4, -0.2) is 35.0 Å². The first kappa shape index (κ1) is 21.7. The summed E-state index contributed by atoms with van der Waals surface area (Å²) in [6, 6.07) is 9.55. The number of aryl methyl sites for hydroxylation is 3. The number of thiophene rings is 1. The zero-order chi connectivity index (χ0) is 21.3. The van der Waals surface area contributed by atoms with E-state index in [1.54, 1.807) is 11.3 Å². The van der Waals surface area contributed by atoms with Crippen molar-refractivity contribution < 1.29 is 14.1 Å². The Morgan fingerprint density at radius 1 is 1.07 bits per heavy atom. The molecule has 7 nitrogen and oxygen atoms in total. The van der Waals surface area contributed by atoms with Gasteiger partial charge in [0.2, 0.25) is 17.6 Å². The predicted molar refractivity (Wildman–Crippen MR) is 116 cm³/mol. The molecule has 0 saturated heterocycles. The quantitative estimate of drug-likeness (QED) is 0.482. The van der Waals surface area contributed by atoms with Crippen LogP contribution in [-0.2, 0) is 11.2 Å². The van der Waals surface area contributed by atoms with Crippen molar-refractivity contribution in [2.45, 2.75) is 39.5 Å². The molecular weight excluding hydrogens is 400 g/mol. The van der Waals surface area contributed by atoms with Gasteiger partial charge in [-0.25, -0.2) is 0 Å². The van der Waals surface area contributed by atoms with Crippen LogP contribution in [0.3, 0.4) is 0 Å². The highest BCUT2D eigenvalue weighted by Gasteiger charge is 2.10. The second kappa shape index (κ2) is 10.7. The molecule has 0 aliphatic heterocycles. The number of carbonyl (C=O) groups is 2. The van der Waals surface area contributed by atoms with Crippen molar-refractivity contribution in [1.82, 2.24) is 20.8 Å². The van der Waals surface area contributed by atoms with Crippen LogP contribution >= 0.6 is 11.3 Å². The van der Waals surface area contributed by atoms with Gasteiger partial charge in [-0.3, -0.25) is 9.59 Å². The monoisotopic (exact) mass is 426 g/mol. The Balaban J connectivity index is 1.27. The minimum absolute atomic E-state index is 0.0285. The molecule has 158 valence electrons. The number of rotatable bonds is 10. The van der Waals surface area contributed by atoms with Crippen LogP contribution in [0.1, 0.15) is 46.6 Å². The fraction of sp³-hybridized carbons (Fsp3) is 0.364. The molecule has 0 radical (unpaired) electrons. The van der Waals surface area contributed by atoms with Crippen molar-refractivity contribution in [3.63, 3.8) is 0 Å². The second-order valence-corrected chi connectivity index (χ2v) is 8.16. The van der Waals surface area contributed by atoms with Gasteiger partial charge in [-0.1, -0.05) is 34.8 Å². The number of amides is 2. The lowest BCUT2D eigenvalue weighted by Crippen LogP contribution is -2.37. The van der Waals surface area contributed by atoms with E-state index in [1.807, 2.05) is 49.6 Å². The normalized spacial score (nSPS) is 10.7. The highest BCUT2D eigenvalue weighted by Crippen LogP contribution is 2.21. The SMILES string of the molecule is Cc1cc(C)cc(C(=O)NCC(=O)NCCCCCc2nc(-c3cccs3)no2)c1. The van der Waals surface area contributed by atoms with Gasteiger partial charge in [0.1, 0.15) is 0 Å². The van der Waals surface area contributed by atoms with Crippen molar-refractivity contribution in [3.05, 3.63) is 58.3 Å². The molecule has 2 heterocycles. The summed E-state index contributed by atoms with van der Waals surface area (Å²) in [7, 11) is 0. The molecule has 0 spiro atoms. The van der Waals surface area contributed by atoms with Gasteiger partial charge >= 0.3 is 0 Å². The molecule has 0 aliphatic carbocycles. The number of nitrogens with one attached hydrogen (secondary N) is 2. The maximum absolute atomic E-state index is 12.2. The lowest BCUT2D eigenvalue weighted by Gasteiger charge is -2.08. The molecule has 2 amide bonds. The predicted octanol–water partition coefficient (Wildman–Crippen LogP) is 3.67. The van der Waals surface area contributed by atoms with Gasteiger partial charge in [0.15, 0.2) is 0 Å². The molecule has 2 N–H and O–H groups in total. The van der Waals surface area contributed by atoms with Gasteiger partial charge in [0.25, 0.3) is 5.91 Å². The highest BCUT2D eigenvalue weighted by molar-refractivity contribution is 7.13. The van der Waals surface area contributed by atoms with E-state index in [4.69, 9.17) is 4.52 Å². The van der Waals surface area contributed by atoms with Crippen LogP contribution in [0.25, 0.3) is 10.7 Å². The highest BCUT2D eigenvalue weighted by atomic mass is 32.1. The largest absolute Gasteiger partial charge is 0.355 e.